The number of nitrogens with zero attached hydrogens (tertiary/aromatic N) is 2. The van der Waals surface area contributed by atoms with Crippen LogP contribution in [0, 0.1) is 0 Å². The molecule has 34 heavy (non-hydrogen) atoms. The first-order valence-electron chi connectivity index (χ1n) is 12.0. The highest BCUT2D eigenvalue weighted by atomic mass is 35.5. The lowest BCUT2D eigenvalue weighted by Gasteiger charge is -2.37. The molecule has 0 saturated carbocycles. The Hall–Kier alpha value is -2.82. The van der Waals surface area contributed by atoms with E-state index in [0.717, 1.165) is 67.3 Å². The third-order valence-electron chi connectivity index (χ3n) is 6.97. The number of rotatable bonds is 8. The maximum absolute atomic E-state index is 12.6. The van der Waals surface area contributed by atoms with Crippen molar-refractivity contribution >= 4 is 23.3 Å². The summed E-state index contributed by atoms with van der Waals surface area (Å²) in [6.45, 7) is 6.97. The second-order valence-electron chi connectivity index (χ2n) is 9.15. The number of piperazine rings is 1. The minimum Gasteiger partial charge on any atom is -0.468 e. The summed E-state index contributed by atoms with van der Waals surface area (Å²) in [5.74, 6) is -0.165. The van der Waals surface area contributed by atoms with Crippen LogP contribution in [0.15, 0.2) is 78.9 Å². The average molecular weight is 477 g/mol. The Labute approximate surface area is 208 Å². The molecule has 5 heteroatoms. The van der Waals surface area contributed by atoms with Gasteiger partial charge in [-0.25, -0.2) is 0 Å². The molecule has 0 N–H and O–H groups in total. The third kappa shape index (κ3) is 5.45. The summed E-state index contributed by atoms with van der Waals surface area (Å²) in [7, 11) is 1.48. The Kier molecular flexibility index (Phi) is 7.91. The predicted molar refractivity (Wildman–Crippen MR) is 141 cm³/mol. The molecule has 178 valence electrons. The number of ether oxygens (including phenoxy) is 1. The van der Waals surface area contributed by atoms with Gasteiger partial charge < -0.3 is 9.64 Å². The van der Waals surface area contributed by atoms with Crippen LogP contribution in [0.25, 0.3) is 11.1 Å². The van der Waals surface area contributed by atoms with Crippen molar-refractivity contribution < 1.29 is 9.53 Å². The zero-order chi connectivity index (χ0) is 24.0. The van der Waals surface area contributed by atoms with E-state index in [1.54, 1.807) is 0 Å². The zero-order valence-corrected chi connectivity index (χ0v) is 20.8. The topological polar surface area (TPSA) is 32.8 Å². The van der Waals surface area contributed by atoms with Crippen LogP contribution in [0.2, 0.25) is 5.02 Å². The molecule has 0 aliphatic carbocycles. The number of carbonyl (C=O) groups excluding carboxylic acids is 1. The average Bonchev–Trinajstić information content (AvgIpc) is 2.89. The molecule has 1 aliphatic heterocycles. The van der Waals surface area contributed by atoms with E-state index < -0.39 is 5.41 Å². The quantitative estimate of drug-likeness (QED) is 0.371. The normalized spacial score (nSPS) is 16.1. The van der Waals surface area contributed by atoms with E-state index in [2.05, 4.69) is 40.1 Å². The van der Waals surface area contributed by atoms with Crippen molar-refractivity contribution in [3.63, 3.8) is 0 Å². The van der Waals surface area contributed by atoms with E-state index in [1.165, 1.54) is 12.8 Å². The maximum Gasteiger partial charge on any atom is 0.315 e. The van der Waals surface area contributed by atoms with Gasteiger partial charge in [0.1, 0.15) is 0 Å². The fourth-order valence-electron chi connectivity index (χ4n) is 4.85. The van der Waals surface area contributed by atoms with Gasteiger partial charge >= 0.3 is 5.97 Å². The van der Waals surface area contributed by atoms with Crippen molar-refractivity contribution in [2.24, 2.45) is 0 Å². The molecule has 1 unspecified atom stereocenters. The molecule has 1 fully saturated rings. The molecule has 0 bridgehead atoms. The summed E-state index contributed by atoms with van der Waals surface area (Å²) < 4.78 is 5.16. The van der Waals surface area contributed by atoms with Gasteiger partial charge in [-0.1, -0.05) is 72.3 Å². The highest BCUT2D eigenvalue weighted by Gasteiger charge is 2.36. The zero-order valence-electron chi connectivity index (χ0n) is 20.0. The van der Waals surface area contributed by atoms with E-state index in [9.17, 15) is 4.79 Å². The van der Waals surface area contributed by atoms with Gasteiger partial charge in [-0.2, -0.15) is 0 Å². The Morgan fingerprint density at radius 1 is 0.941 bits per heavy atom. The van der Waals surface area contributed by atoms with Crippen LogP contribution in [0.5, 0.6) is 0 Å². The third-order valence-corrected chi connectivity index (χ3v) is 7.30. The van der Waals surface area contributed by atoms with Crippen LogP contribution >= 0.6 is 11.6 Å². The molecule has 0 amide bonds. The van der Waals surface area contributed by atoms with Crippen molar-refractivity contribution in [3.05, 3.63) is 89.4 Å². The summed E-state index contributed by atoms with van der Waals surface area (Å²) in [5.41, 5.74) is 3.85. The summed E-state index contributed by atoms with van der Waals surface area (Å²) >= 11 is 6.42. The van der Waals surface area contributed by atoms with Crippen LogP contribution in [-0.2, 0) is 14.9 Å². The number of hydrogen-bond acceptors (Lipinski definition) is 4. The predicted octanol–water partition coefficient (Wildman–Crippen LogP) is 6.04. The van der Waals surface area contributed by atoms with Gasteiger partial charge in [-0.15, -0.1) is 0 Å². The van der Waals surface area contributed by atoms with E-state index >= 15 is 0 Å². The molecule has 0 radical (unpaired) electrons. The van der Waals surface area contributed by atoms with Gasteiger partial charge in [0.05, 0.1) is 12.5 Å². The summed E-state index contributed by atoms with van der Waals surface area (Å²) in [4.78, 5) is 17.6. The van der Waals surface area contributed by atoms with Crippen LogP contribution in [0.1, 0.15) is 25.3 Å². The molecule has 1 heterocycles. The standard InChI is InChI=1S/C29H33ClN2O2/c1-29(28(33)34-2,24-11-4-3-5-12-24)16-9-17-31-18-20-32(21-19-31)25-13-8-10-23(22-25)26-14-6-7-15-27(26)30/h3-8,10-15,22H,9,16-21H2,1-2H3. The first-order chi connectivity index (χ1) is 16.5. The lowest BCUT2D eigenvalue weighted by Crippen LogP contribution is -2.47. The fraction of sp³-hybridized carbons (Fsp3) is 0.345. The van der Waals surface area contributed by atoms with Gasteiger partial charge in [-0.3, -0.25) is 9.69 Å². The molecule has 0 spiro atoms. The highest BCUT2D eigenvalue weighted by Crippen LogP contribution is 2.32. The van der Waals surface area contributed by atoms with Crippen molar-refractivity contribution in [2.75, 3.05) is 44.7 Å². The van der Waals surface area contributed by atoms with Crippen molar-refractivity contribution in [1.29, 1.82) is 0 Å². The van der Waals surface area contributed by atoms with Crippen LogP contribution < -0.4 is 4.90 Å². The number of carbonyl (C=O) groups is 1. The van der Waals surface area contributed by atoms with Gasteiger partial charge in [0.25, 0.3) is 0 Å². The van der Waals surface area contributed by atoms with Crippen molar-refractivity contribution in [2.45, 2.75) is 25.2 Å². The van der Waals surface area contributed by atoms with Gasteiger partial charge in [0.2, 0.25) is 0 Å². The number of esters is 1. The molecule has 1 atom stereocenters. The summed E-state index contributed by atoms with van der Waals surface area (Å²) in [6, 6.07) is 26.6. The highest BCUT2D eigenvalue weighted by molar-refractivity contribution is 6.33. The fourth-order valence-corrected chi connectivity index (χ4v) is 5.09. The second kappa shape index (κ2) is 11.1. The Balaban J connectivity index is 1.33. The maximum atomic E-state index is 12.6. The Morgan fingerprint density at radius 3 is 2.35 bits per heavy atom. The molecule has 1 saturated heterocycles. The molecule has 1 aliphatic rings. The van der Waals surface area contributed by atoms with E-state index in [0.29, 0.717) is 0 Å². The minimum absolute atomic E-state index is 0.165. The minimum atomic E-state index is -0.614. The van der Waals surface area contributed by atoms with E-state index in [1.807, 2.05) is 55.5 Å². The van der Waals surface area contributed by atoms with Gasteiger partial charge in [-0.05, 0) is 55.6 Å². The molecule has 3 aromatic rings. The summed E-state index contributed by atoms with van der Waals surface area (Å²) in [6.07, 6.45) is 1.71. The number of halogens is 1. The first kappa shape index (κ1) is 24.3. The van der Waals surface area contributed by atoms with Crippen LogP contribution in [-0.4, -0.2) is 50.7 Å². The smallest absolute Gasteiger partial charge is 0.315 e. The molecule has 3 aromatic carbocycles. The van der Waals surface area contributed by atoms with Crippen LogP contribution in [0.4, 0.5) is 5.69 Å². The first-order valence-corrected chi connectivity index (χ1v) is 12.4. The lowest BCUT2D eigenvalue weighted by atomic mass is 9.78. The van der Waals surface area contributed by atoms with Crippen LogP contribution in [0.3, 0.4) is 0 Å². The number of methoxy groups -OCH3 is 1. The summed E-state index contributed by atoms with van der Waals surface area (Å²) in [5, 5.41) is 0.777. The molecular formula is C29H33ClN2O2. The number of benzene rings is 3. The molecule has 4 nitrogen and oxygen atoms in total. The Morgan fingerprint density at radius 2 is 1.65 bits per heavy atom. The molecule has 0 aromatic heterocycles. The van der Waals surface area contributed by atoms with E-state index in [-0.39, 0.29) is 5.97 Å². The number of anilines is 1. The monoisotopic (exact) mass is 476 g/mol. The lowest BCUT2D eigenvalue weighted by molar-refractivity contribution is -0.147. The van der Waals surface area contributed by atoms with Gasteiger partial charge in [0.15, 0.2) is 0 Å². The second-order valence-corrected chi connectivity index (χ2v) is 9.56. The molecule has 4 rings (SSSR count). The largest absolute Gasteiger partial charge is 0.468 e. The molecular weight excluding hydrogens is 444 g/mol. The SMILES string of the molecule is COC(=O)C(C)(CCCN1CCN(c2cccc(-c3ccccc3Cl)c2)CC1)c1ccccc1. The van der Waals surface area contributed by atoms with E-state index in [4.69, 9.17) is 16.3 Å². The number of hydrogen-bond donors (Lipinski definition) is 0. The van der Waals surface area contributed by atoms with Gasteiger partial charge in [0, 0.05) is 42.5 Å². The van der Waals surface area contributed by atoms with Crippen molar-refractivity contribution in [3.8, 4) is 11.1 Å². The Bertz CT molecular complexity index is 1100. The van der Waals surface area contributed by atoms with Crippen molar-refractivity contribution in [1.82, 2.24) is 4.90 Å².